The summed E-state index contributed by atoms with van der Waals surface area (Å²) >= 11 is 0. The molecular formula is C19H16O2. The number of furan rings is 1. The van der Waals surface area contributed by atoms with Gasteiger partial charge in [0.15, 0.2) is 0 Å². The molecule has 0 aliphatic carbocycles. The number of aliphatic hydroxyl groups is 1. The summed E-state index contributed by atoms with van der Waals surface area (Å²) in [6.07, 6.45) is 3.50. The van der Waals surface area contributed by atoms with Crippen LogP contribution in [0.15, 0.2) is 83.5 Å². The van der Waals surface area contributed by atoms with Crippen molar-refractivity contribution in [1.82, 2.24) is 0 Å². The molecule has 0 fully saturated rings. The van der Waals surface area contributed by atoms with Gasteiger partial charge in [0, 0.05) is 5.56 Å². The summed E-state index contributed by atoms with van der Waals surface area (Å²) in [7, 11) is 0. The highest BCUT2D eigenvalue weighted by atomic mass is 16.3. The Hall–Kier alpha value is -2.58. The molecule has 1 aromatic heterocycles. The Balaban J connectivity index is 1.96. The molecular weight excluding hydrogens is 260 g/mol. The topological polar surface area (TPSA) is 33.4 Å². The van der Waals surface area contributed by atoms with Gasteiger partial charge >= 0.3 is 0 Å². The predicted molar refractivity (Wildman–Crippen MR) is 84.8 cm³/mol. The number of rotatable bonds is 4. The van der Waals surface area contributed by atoms with Crippen molar-refractivity contribution in [2.24, 2.45) is 0 Å². The number of hydrogen-bond acceptors (Lipinski definition) is 2. The Bertz CT molecular complexity index is 708. The summed E-state index contributed by atoms with van der Waals surface area (Å²) in [5, 5.41) is 9.27. The van der Waals surface area contributed by atoms with Gasteiger partial charge in [-0.2, -0.15) is 0 Å². The van der Waals surface area contributed by atoms with Crippen LogP contribution in [0, 0.1) is 0 Å². The molecule has 0 bridgehead atoms. The average Bonchev–Trinajstić information content (AvgIpc) is 3.08. The molecule has 3 aromatic rings. The summed E-state index contributed by atoms with van der Waals surface area (Å²) in [5.41, 5.74) is 4.24. The van der Waals surface area contributed by atoms with Gasteiger partial charge in [-0.3, -0.25) is 0 Å². The lowest BCUT2D eigenvalue weighted by atomic mass is 9.96. The van der Waals surface area contributed by atoms with Crippen LogP contribution >= 0.6 is 0 Å². The minimum Gasteiger partial charge on any atom is -0.464 e. The molecule has 0 radical (unpaired) electrons. The first-order valence-electron chi connectivity index (χ1n) is 6.89. The first-order chi connectivity index (χ1) is 10.4. The van der Waals surface area contributed by atoms with E-state index < -0.39 is 0 Å². The van der Waals surface area contributed by atoms with Gasteiger partial charge < -0.3 is 9.52 Å². The highest BCUT2D eigenvalue weighted by Gasteiger charge is 2.06. The SMILES string of the molecule is OCC=C(c1ccccc1)c1ccc(-c2ccco2)cc1. The zero-order valence-electron chi connectivity index (χ0n) is 11.6. The predicted octanol–water partition coefficient (Wildman–Crippen LogP) is 4.37. The number of benzene rings is 2. The van der Waals surface area contributed by atoms with Gasteiger partial charge in [0.1, 0.15) is 5.76 Å². The van der Waals surface area contributed by atoms with Gasteiger partial charge in [-0.15, -0.1) is 0 Å². The summed E-state index contributed by atoms with van der Waals surface area (Å²) in [4.78, 5) is 0. The molecule has 2 aromatic carbocycles. The maximum atomic E-state index is 9.27. The molecule has 0 saturated heterocycles. The molecule has 0 aliphatic rings. The van der Waals surface area contributed by atoms with Gasteiger partial charge in [-0.05, 0) is 28.8 Å². The third-order valence-corrected chi connectivity index (χ3v) is 3.38. The Morgan fingerprint density at radius 2 is 1.57 bits per heavy atom. The summed E-state index contributed by atoms with van der Waals surface area (Å²) in [6, 6.07) is 22.0. The van der Waals surface area contributed by atoms with Crippen LogP contribution in [-0.4, -0.2) is 11.7 Å². The average molecular weight is 276 g/mol. The van der Waals surface area contributed by atoms with E-state index in [1.165, 1.54) is 0 Å². The quantitative estimate of drug-likeness (QED) is 0.767. The third-order valence-electron chi connectivity index (χ3n) is 3.38. The fourth-order valence-electron chi connectivity index (χ4n) is 2.37. The monoisotopic (exact) mass is 276 g/mol. The molecule has 2 nitrogen and oxygen atoms in total. The molecule has 0 spiro atoms. The van der Waals surface area contributed by atoms with E-state index in [2.05, 4.69) is 0 Å². The zero-order chi connectivity index (χ0) is 14.5. The van der Waals surface area contributed by atoms with E-state index in [0.29, 0.717) is 0 Å². The van der Waals surface area contributed by atoms with Crippen molar-refractivity contribution in [2.75, 3.05) is 6.61 Å². The van der Waals surface area contributed by atoms with Gasteiger partial charge in [0.2, 0.25) is 0 Å². The van der Waals surface area contributed by atoms with Crippen molar-refractivity contribution in [3.05, 3.63) is 90.2 Å². The fourth-order valence-corrected chi connectivity index (χ4v) is 2.37. The molecule has 21 heavy (non-hydrogen) atoms. The van der Waals surface area contributed by atoms with E-state index in [9.17, 15) is 5.11 Å². The fraction of sp³-hybridized carbons (Fsp3) is 0.0526. The molecule has 1 heterocycles. The second-order valence-corrected chi connectivity index (χ2v) is 4.72. The minimum atomic E-state index is 0.0180. The lowest BCUT2D eigenvalue weighted by molar-refractivity contribution is 0.343. The highest BCUT2D eigenvalue weighted by molar-refractivity contribution is 5.80. The Morgan fingerprint density at radius 3 is 2.19 bits per heavy atom. The lowest BCUT2D eigenvalue weighted by Gasteiger charge is -2.09. The van der Waals surface area contributed by atoms with E-state index in [-0.39, 0.29) is 6.61 Å². The molecule has 104 valence electrons. The van der Waals surface area contributed by atoms with Gasteiger partial charge in [-0.25, -0.2) is 0 Å². The van der Waals surface area contributed by atoms with E-state index in [1.54, 1.807) is 6.26 Å². The van der Waals surface area contributed by atoms with Crippen LogP contribution < -0.4 is 0 Å². The maximum Gasteiger partial charge on any atom is 0.133 e. The maximum absolute atomic E-state index is 9.27. The van der Waals surface area contributed by atoms with E-state index in [0.717, 1.165) is 28.0 Å². The van der Waals surface area contributed by atoms with Crippen molar-refractivity contribution in [3.8, 4) is 11.3 Å². The van der Waals surface area contributed by atoms with Crippen LogP contribution in [0.2, 0.25) is 0 Å². The van der Waals surface area contributed by atoms with Crippen LogP contribution in [-0.2, 0) is 0 Å². The molecule has 0 aliphatic heterocycles. The summed E-state index contributed by atoms with van der Waals surface area (Å²) < 4.78 is 5.40. The zero-order valence-corrected chi connectivity index (χ0v) is 11.6. The van der Waals surface area contributed by atoms with Crippen molar-refractivity contribution in [3.63, 3.8) is 0 Å². The molecule has 2 heteroatoms. The highest BCUT2D eigenvalue weighted by Crippen LogP contribution is 2.26. The van der Waals surface area contributed by atoms with Gasteiger partial charge in [0.25, 0.3) is 0 Å². The molecule has 0 unspecified atom stereocenters. The first-order valence-corrected chi connectivity index (χ1v) is 6.89. The van der Waals surface area contributed by atoms with Crippen molar-refractivity contribution in [2.45, 2.75) is 0 Å². The van der Waals surface area contributed by atoms with Crippen LogP contribution in [0.1, 0.15) is 11.1 Å². The van der Waals surface area contributed by atoms with Gasteiger partial charge in [0.05, 0.1) is 12.9 Å². The van der Waals surface area contributed by atoms with Crippen LogP contribution in [0.25, 0.3) is 16.9 Å². The lowest BCUT2D eigenvalue weighted by Crippen LogP contribution is -1.90. The second-order valence-electron chi connectivity index (χ2n) is 4.72. The van der Waals surface area contributed by atoms with Crippen LogP contribution in [0.4, 0.5) is 0 Å². The van der Waals surface area contributed by atoms with Crippen LogP contribution in [0.5, 0.6) is 0 Å². The first kappa shape index (κ1) is 13.4. The molecule has 1 N–H and O–H groups in total. The van der Waals surface area contributed by atoms with Crippen molar-refractivity contribution < 1.29 is 9.52 Å². The molecule has 0 saturated carbocycles. The molecule has 0 atom stereocenters. The molecule has 0 amide bonds. The van der Waals surface area contributed by atoms with Crippen molar-refractivity contribution >= 4 is 5.57 Å². The largest absolute Gasteiger partial charge is 0.464 e. The standard InChI is InChI=1S/C19H16O2/c20-13-12-18(15-5-2-1-3-6-15)16-8-10-17(11-9-16)19-7-4-14-21-19/h1-12,14,20H,13H2. The number of hydrogen-bond donors (Lipinski definition) is 1. The van der Waals surface area contributed by atoms with E-state index in [4.69, 9.17) is 4.42 Å². The summed E-state index contributed by atoms with van der Waals surface area (Å²) in [5.74, 6) is 0.856. The summed E-state index contributed by atoms with van der Waals surface area (Å²) in [6.45, 7) is 0.0180. The molecule has 3 rings (SSSR count). The van der Waals surface area contributed by atoms with Crippen LogP contribution in [0.3, 0.4) is 0 Å². The van der Waals surface area contributed by atoms with E-state index >= 15 is 0 Å². The Labute approximate surface area is 124 Å². The smallest absolute Gasteiger partial charge is 0.133 e. The minimum absolute atomic E-state index is 0.0180. The Kier molecular flexibility index (Phi) is 3.99. The normalized spacial score (nSPS) is 11.6. The van der Waals surface area contributed by atoms with Crippen molar-refractivity contribution in [1.29, 1.82) is 0 Å². The Morgan fingerprint density at radius 1 is 0.857 bits per heavy atom. The second kappa shape index (κ2) is 6.25. The number of aliphatic hydroxyl groups excluding tert-OH is 1. The van der Waals surface area contributed by atoms with E-state index in [1.807, 2.05) is 72.8 Å². The third kappa shape index (κ3) is 2.96. The van der Waals surface area contributed by atoms with Gasteiger partial charge in [-0.1, -0.05) is 60.7 Å².